The Kier molecular flexibility index (Phi) is 4.08. The van der Waals surface area contributed by atoms with Gasteiger partial charge in [0.25, 0.3) is 0 Å². The summed E-state index contributed by atoms with van der Waals surface area (Å²) in [7, 11) is 1.34. The molecule has 0 aliphatic heterocycles. The smallest absolute Gasteiger partial charge is 0.234 e. The molecule has 2 aromatic rings. The Balaban J connectivity index is 2.53. The largest absolute Gasteiger partial charge is 0.455 e. The molecule has 8 heteroatoms. The van der Waals surface area contributed by atoms with Crippen LogP contribution in [0.1, 0.15) is 21.9 Å². The van der Waals surface area contributed by atoms with Crippen LogP contribution in [0.25, 0.3) is 0 Å². The summed E-state index contributed by atoms with van der Waals surface area (Å²) in [5.74, 6) is -13.0. The number of carbonyl (C=O) groups excluding carboxylic acids is 1. The number of ether oxygens (including phenoxy) is 1. The topological polar surface area (TPSA) is 39.4 Å². The average molecular weight is 306 g/mol. The van der Waals surface area contributed by atoms with Crippen LogP contribution in [-0.4, -0.2) is 12.9 Å². The van der Waals surface area contributed by atoms with Crippen molar-refractivity contribution in [2.24, 2.45) is 0 Å². The number of benzene rings is 1. The Labute approximate surface area is 114 Å². The molecule has 0 bridgehead atoms. The van der Waals surface area contributed by atoms with Crippen molar-refractivity contribution in [2.45, 2.75) is 6.61 Å². The van der Waals surface area contributed by atoms with Gasteiger partial charge in [-0.2, -0.15) is 0 Å². The summed E-state index contributed by atoms with van der Waals surface area (Å²) in [6.45, 7) is -0.0234. The van der Waals surface area contributed by atoms with Crippen LogP contribution in [0.5, 0.6) is 0 Å². The van der Waals surface area contributed by atoms with Crippen LogP contribution in [0, 0.1) is 29.1 Å². The van der Waals surface area contributed by atoms with Crippen LogP contribution in [0.4, 0.5) is 22.0 Å². The molecule has 1 heterocycles. The van der Waals surface area contributed by atoms with Gasteiger partial charge in [-0.1, -0.05) is 0 Å². The molecule has 0 fully saturated rings. The van der Waals surface area contributed by atoms with Gasteiger partial charge < -0.3 is 9.15 Å². The second kappa shape index (κ2) is 5.65. The highest BCUT2D eigenvalue weighted by molar-refractivity contribution is 6.07. The minimum Gasteiger partial charge on any atom is -0.455 e. The van der Waals surface area contributed by atoms with Crippen LogP contribution < -0.4 is 0 Å². The monoisotopic (exact) mass is 306 g/mol. The zero-order valence-corrected chi connectivity index (χ0v) is 10.5. The zero-order chi connectivity index (χ0) is 15.7. The maximum absolute atomic E-state index is 13.5. The Bertz CT molecular complexity index is 679. The van der Waals surface area contributed by atoms with Crippen molar-refractivity contribution in [1.82, 2.24) is 0 Å². The van der Waals surface area contributed by atoms with E-state index in [1.165, 1.54) is 13.2 Å². The summed E-state index contributed by atoms with van der Waals surface area (Å²) in [6, 6.07) is 2.33. The fourth-order valence-corrected chi connectivity index (χ4v) is 1.65. The third-order valence-corrected chi connectivity index (χ3v) is 2.61. The van der Waals surface area contributed by atoms with E-state index in [1.54, 1.807) is 0 Å². The summed E-state index contributed by atoms with van der Waals surface area (Å²) in [5.41, 5.74) is -1.57. The number of furan rings is 1. The number of hydrogen-bond acceptors (Lipinski definition) is 3. The molecule has 1 aromatic carbocycles. The first-order valence-electron chi connectivity index (χ1n) is 5.52. The lowest BCUT2D eigenvalue weighted by Crippen LogP contribution is -2.13. The molecule has 3 nitrogen and oxygen atoms in total. The van der Waals surface area contributed by atoms with E-state index >= 15 is 0 Å². The molecule has 2 rings (SSSR count). The van der Waals surface area contributed by atoms with Gasteiger partial charge in [-0.15, -0.1) is 0 Å². The fourth-order valence-electron chi connectivity index (χ4n) is 1.65. The Morgan fingerprint density at radius 3 is 2.05 bits per heavy atom. The Hall–Kier alpha value is -2.22. The van der Waals surface area contributed by atoms with Gasteiger partial charge in [0.15, 0.2) is 29.0 Å². The first-order chi connectivity index (χ1) is 9.88. The van der Waals surface area contributed by atoms with Crippen molar-refractivity contribution in [3.05, 3.63) is 58.3 Å². The standard InChI is InChI=1S/C13H7F5O3/c1-20-4-5-2-3-6(21-5)13(19)7-8(14)10(16)12(18)11(17)9(7)15/h2-3H,4H2,1H3. The lowest BCUT2D eigenvalue weighted by molar-refractivity contribution is 0.0989. The van der Waals surface area contributed by atoms with E-state index in [9.17, 15) is 26.7 Å². The van der Waals surface area contributed by atoms with Gasteiger partial charge in [0.1, 0.15) is 17.9 Å². The molecule has 0 atom stereocenters. The molecule has 0 aliphatic rings. The van der Waals surface area contributed by atoms with Gasteiger partial charge in [0, 0.05) is 7.11 Å². The first kappa shape index (κ1) is 15.2. The van der Waals surface area contributed by atoms with E-state index in [0.717, 1.165) is 6.07 Å². The van der Waals surface area contributed by atoms with E-state index in [-0.39, 0.29) is 12.4 Å². The van der Waals surface area contributed by atoms with Crippen molar-refractivity contribution >= 4 is 5.78 Å². The van der Waals surface area contributed by atoms with Crippen molar-refractivity contribution in [3.8, 4) is 0 Å². The number of methoxy groups -OCH3 is 1. The van der Waals surface area contributed by atoms with Crippen LogP contribution in [0.15, 0.2) is 16.5 Å². The lowest BCUT2D eigenvalue weighted by atomic mass is 10.1. The average Bonchev–Trinajstić information content (AvgIpc) is 2.92. The quantitative estimate of drug-likeness (QED) is 0.376. The van der Waals surface area contributed by atoms with Crippen LogP contribution >= 0.6 is 0 Å². The fraction of sp³-hybridized carbons (Fsp3) is 0.154. The maximum atomic E-state index is 13.5. The third-order valence-electron chi connectivity index (χ3n) is 2.61. The number of carbonyl (C=O) groups is 1. The highest BCUT2D eigenvalue weighted by Crippen LogP contribution is 2.25. The van der Waals surface area contributed by atoms with E-state index in [1.807, 2.05) is 0 Å². The molecule has 1 aromatic heterocycles. The predicted octanol–water partition coefficient (Wildman–Crippen LogP) is 3.35. The van der Waals surface area contributed by atoms with Crippen molar-refractivity contribution in [1.29, 1.82) is 0 Å². The van der Waals surface area contributed by atoms with E-state index in [0.29, 0.717) is 0 Å². The molecule has 112 valence electrons. The molecular formula is C13H7F5O3. The molecule has 0 unspecified atom stereocenters. The van der Waals surface area contributed by atoms with Gasteiger partial charge in [-0.25, -0.2) is 22.0 Å². The van der Waals surface area contributed by atoms with Crippen molar-refractivity contribution in [3.63, 3.8) is 0 Å². The molecule has 0 amide bonds. The van der Waals surface area contributed by atoms with Gasteiger partial charge in [-0.05, 0) is 12.1 Å². The molecule has 0 N–H and O–H groups in total. The molecule has 0 saturated carbocycles. The summed E-state index contributed by atoms with van der Waals surface area (Å²) >= 11 is 0. The van der Waals surface area contributed by atoms with E-state index in [4.69, 9.17) is 9.15 Å². The van der Waals surface area contributed by atoms with Gasteiger partial charge in [0.05, 0.1) is 0 Å². The van der Waals surface area contributed by atoms with Crippen LogP contribution in [-0.2, 0) is 11.3 Å². The Morgan fingerprint density at radius 2 is 1.52 bits per heavy atom. The van der Waals surface area contributed by atoms with Crippen LogP contribution in [0.3, 0.4) is 0 Å². The summed E-state index contributed by atoms with van der Waals surface area (Å²) in [6.07, 6.45) is 0. The number of hydrogen-bond donors (Lipinski definition) is 0. The lowest BCUT2D eigenvalue weighted by Gasteiger charge is -2.05. The Morgan fingerprint density at radius 1 is 1.00 bits per heavy atom. The van der Waals surface area contributed by atoms with Gasteiger partial charge in [0.2, 0.25) is 11.6 Å². The number of rotatable bonds is 4. The van der Waals surface area contributed by atoms with Gasteiger partial charge >= 0.3 is 0 Å². The minimum atomic E-state index is -2.33. The van der Waals surface area contributed by atoms with Crippen LogP contribution in [0.2, 0.25) is 0 Å². The van der Waals surface area contributed by atoms with E-state index in [2.05, 4.69) is 0 Å². The molecule has 0 saturated heterocycles. The normalized spacial score (nSPS) is 11.0. The molecule has 0 aliphatic carbocycles. The van der Waals surface area contributed by atoms with Crippen molar-refractivity contribution < 1.29 is 35.9 Å². The maximum Gasteiger partial charge on any atom is 0.234 e. The second-order valence-electron chi connectivity index (χ2n) is 3.97. The second-order valence-corrected chi connectivity index (χ2v) is 3.97. The number of ketones is 1. The highest BCUT2D eigenvalue weighted by atomic mass is 19.2. The predicted molar refractivity (Wildman–Crippen MR) is 59.1 cm³/mol. The summed E-state index contributed by atoms with van der Waals surface area (Å²) in [5, 5.41) is 0. The molecule has 0 spiro atoms. The van der Waals surface area contributed by atoms with E-state index < -0.39 is 46.2 Å². The zero-order valence-electron chi connectivity index (χ0n) is 10.5. The SMILES string of the molecule is COCc1ccc(C(=O)c2c(F)c(F)c(F)c(F)c2F)o1. The third kappa shape index (κ3) is 2.54. The molecule has 21 heavy (non-hydrogen) atoms. The highest BCUT2D eigenvalue weighted by Gasteiger charge is 2.31. The van der Waals surface area contributed by atoms with Crippen molar-refractivity contribution in [2.75, 3.05) is 7.11 Å². The number of halogens is 5. The van der Waals surface area contributed by atoms with Gasteiger partial charge in [-0.3, -0.25) is 4.79 Å². The summed E-state index contributed by atoms with van der Waals surface area (Å²) in [4.78, 5) is 11.9. The first-order valence-corrected chi connectivity index (χ1v) is 5.52. The minimum absolute atomic E-state index is 0.0234. The summed E-state index contributed by atoms with van der Waals surface area (Å²) < 4.78 is 75.6. The molecular weight excluding hydrogens is 299 g/mol. The molecule has 0 radical (unpaired) electrons.